The second-order valence-corrected chi connectivity index (χ2v) is 5.00. The number of Topliss-reactive ketones (excluding diaryl/α,β-unsaturated/α-hetero) is 1. The minimum Gasteiger partial charge on any atom is -0.294 e. The third kappa shape index (κ3) is 2.80. The van der Waals surface area contributed by atoms with Crippen molar-refractivity contribution in [2.45, 2.75) is 13.3 Å². The first kappa shape index (κ1) is 14.0. The number of rotatable bonds is 3. The molecule has 0 saturated heterocycles. The van der Waals surface area contributed by atoms with Crippen molar-refractivity contribution in [3.63, 3.8) is 0 Å². The van der Waals surface area contributed by atoms with Crippen LogP contribution in [0.4, 0.5) is 4.39 Å². The quantitative estimate of drug-likeness (QED) is 0.812. The van der Waals surface area contributed by atoms with Gasteiger partial charge >= 0.3 is 0 Å². The molecule has 100 valence electrons. The van der Waals surface area contributed by atoms with E-state index in [1.165, 1.54) is 22.9 Å². The van der Waals surface area contributed by atoms with Gasteiger partial charge < -0.3 is 0 Å². The van der Waals surface area contributed by atoms with Crippen molar-refractivity contribution >= 4 is 29.0 Å². The lowest BCUT2D eigenvalue weighted by Crippen LogP contribution is -2.07. The molecule has 2 aromatic rings. The molecule has 0 bridgehead atoms. The summed E-state index contributed by atoms with van der Waals surface area (Å²) in [5.74, 6) is -0.968. The van der Waals surface area contributed by atoms with Gasteiger partial charge in [0, 0.05) is 24.1 Å². The fourth-order valence-corrected chi connectivity index (χ4v) is 2.26. The molecule has 0 saturated carbocycles. The monoisotopic (exact) mass is 300 g/mol. The highest BCUT2D eigenvalue weighted by molar-refractivity contribution is 6.31. The van der Waals surface area contributed by atoms with Gasteiger partial charge in [0.25, 0.3) is 0 Å². The van der Waals surface area contributed by atoms with E-state index < -0.39 is 5.82 Å². The zero-order valence-corrected chi connectivity index (χ0v) is 11.9. The molecule has 0 atom stereocenters. The Balaban J connectivity index is 2.33. The van der Waals surface area contributed by atoms with E-state index in [1.807, 2.05) is 0 Å². The number of nitrogens with zero attached hydrogens (tertiary/aromatic N) is 2. The smallest absolute Gasteiger partial charge is 0.170 e. The van der Waals surface area contributed by atoms with E-state index in [0.717, 1.165) is 0 Å². The Labute approximate surface area is 119 Å². The van der Waals surface area contributed by atoms with Crippen molar-refractivity contribution in [3.05, 3.63) is 51.0 Å². The molecule has 0 aliphatic carbocycles. The van der Waals surface area contributed by atoms with Gasteiger partial charge in [0.05, 0.1) is 11.3 Å². The zero-order chi connectivity index (χ0) is 14.2. The Morgan fingerprint density at radius 1 is 1.42 bits per heavy atom. The van der Waals surface area contributed by atoms with Gasteiger partial charge in [-0.3, -0.25) is 9.48 Å². The van der Waals surface area contributed by atoms with Crippen LogP contribution in [-0.2, 0) is 13.5 Å². The summed E-state index contributed by atoms with van der Waals surface area (Å²) >= 11 is 11.8. The number of aromatic nitrogens is 2. The fourth-order valence-electron chi connectivity index (χ4n) is 1.84. The maximum atomic E-state index is 13.6. The summed E-state index contributed by atoms with van der Waals surface area (Å²) in [5.41, 5.74) is 1.23. The van der Waals surface area contributed by atoms with Crippen molar-refractivity contribution in [2.24, 2.45) is 7.05 Å². The van der Waals surface area contributed by atoms with Crippen molar-refractivity contribution in [2.75, 3.05) is 0 Å². The van der Waals surface area contributed by atoms with Crippen LogP contribution in [0, 0.1) is 12.7 Å². The number of hydrogen-bond donors (Lipinski definition) is 0. The minimum atomic E-state index is -0.591. The van der Waals surface area contributed by atoms with Crippen LogP contribution in [0.1, 0.15) is 21.6 Å². The molecule has 3 nitrogen and oxygen atoms in total. The summed E-state index contributed by atoms with van der Waals surface area (Å²) in [4.78, 5) is 12.1. The zero-order valence-electron chi connectivity index (χ0n) is 10.4. The topological polar surface area (TPSA) is 34.9 Å². The Morgan fingerprint density at radius 3 is 2.68 bits per heavy atom. The normalized spacial score (nSPS) is 10.8. The van der Waals surface area contributed by atoms with E-state index in [1.54, 1.807) is 14.0 Å². The van der Waals surface area contributed by atoms with Crippen LogP contribution >= 0.6 is 23.2 Å². The molecule has 0 amide bonds. The first-order valence-electron chi connectivity index (χ1n) is 5.56. The Hall–Kier alpha value is -1.39. The van der Waals surface area contributed by atoms with E-state index in [-0.39, 0.29) is 17.8 Å². The van der Waals surface area contributed by atoms with Gasteiger partial charge in [0.15, 0.2) is 5.78 Å². The van der Waals surface area contributed by atoms with Crippen molar-refractivity contribution in [1.29, 1.82) is 0 Å². The number of carbonyl (C=O) groups excluding carboxylic acids is 1. The number of halogens is 3. The molecule has 0 fully saturated rings. The van der Waals surface area contributed by atoms with Gasteiger partial charge in [-0.2, -0.15) is 5.10 Å². The van der Waals surface area contributed by atoms with Crippen molar-refractivity contribution < 1.29 is 9.18 Å². The molecule has 1 aromatic heterocycles. The summed E-state index contributed by atoms with van der Waals surface area (Å²) in [5, 5.41) is 4.81. The number of carbonyl (C=O) groups is 1. The standard InChI is InChI=1S/C13H11Cl2FN2O/c1-7-9(13(15)18(2)17-7)6-12(19)10-5-8(14)3-4-11(10)16/h3-5H,6H2,1-2H3. The maximum absolute atomic E-state index is 13.6. The maximum Gasteiger partial charge on any atom is 0.170 e. The third-order valence-electron chi connectivity index (χ3n) is 2.84. The number of benzene rings is 1. The van der Waals surface area contributed by atoms with Gasteiger partial charge in [0.1, 0.15) is 11.0 Å². The molecule has 2 rings (SSSR count). The van der Waals surface area contributed by atoms with Crippen LogP contribution < -0.4 is 0 Å². The molecule has 0 radical (unpaired) electrons. The predicted octanol–water partition coefficient (Wildman–Crippen LogP) is 3.60. The second kappa shape index (κ2) is 5.31. The van der Waals surface area contributed by atoms with E-state index >= 15 is 0 Å². The molecule has 0 N–H and O–H groups in total. The number of ketones is 1. The summed E-state index contributed by atoms with van der Waals surface area (Å²) in [6.07, 6.45) is -0.00420. The van der Waals surface area contributed by atoms with Crippen molar-refractivity contribution in [3.8, 4) is 0 Å². The van der Waals surface area contributed by atoms with Crippen LogP contribution in [0.2, 0.25) is 10.2 Å². The van der Waals surface area contributed by atoms with E-state index in [0.29, 0.717) is 21.4 Å². The van der Waals surface area contributed by atoms with Crippen LogP contribution in [-0.4, -0.2) is 15.6 Å². The minimum absolute atomic E-state index is 0.00420. The van der Waals surface area contributed by atoms with E-state index in [4.69, 9.17) is 23.2 Å². The van der Waals surface area contributed by atoms with Crippen molar-refractivity contribution in [1.82, 2.24) is 9.78 Å². The van der Waals surface area contributed by atoms with Gasteiger partial charge in [0.2, 0.25) is 0 Å². The fraction of sp³-hybridized carbons (Fsp3) is 0.231. The highest BCUT2D eigenvalue weighted by atomic mass is 35.5. The molecule has 1 aromatic carbocycles. The highest BCUT2D eigenvalue weighted by Crippen LogP contribution is 2.22. The first-order valence-corrected chi connectivity index (χ1v) is 6.32. The lowest BCUT2D eigenvalue weighted by molar-refractivity contribution is 0.0989. The lowest BCUT2D eigenvalue weighted by Gasteiger charge is -2.03. The average Bonchev–Trinajstić information content (AvgIpc) is 2.59. The van der Waals surface area contributed by atoms with Crippen LogP contribution in [0.15, 0.2) is 18.2 Å². The Bertz CT molecular complexity index is 652. The molecule has 0 aliphatic rings. The molecular weight excluding hydrogens is 290 g/mol. The van der Waals surface area contributed by atoms with Crippen LogP contribution in [0.25, 0.3) is 0 Å². The Morgan fingerprint density at radius 2 is 2.11 bits per heavy atom. The average molecular weight is 301 g/mol. The van der Waals surface area contributed by atoms with Crippen LogP contribution in [0.3, 0.4) is 0 Å². The van der Waals surface area contributed by atoms with Gasteiger partial charge in [-0.05, 0) is 25.1 Å². The summed E-state index contributed by atoms with van der Waals surface area (Å²) in [6, 6.07) is 3.89. The first-order chi connectivity index (χ1) is 8.90. The second-order valence-electron chi connectivity index (χ2n) is 4.20. The third-order valence-corrected chi connectivity index (χ3v) is 3.54. The molecule has 0 aliphatic heterocycles. The molecule has 19 heavy (non-hydrogen) atoms. The SMILES string of the molecule is Cc1nn(C)c(Cl)c1CC(=O)c1cc(Cl)ccc1F. The number of hydrogen-bond acceptors (Lipinski definition) is 2. The lowest BCUT2D eigenvalue weighted by atomic mass is 10.0. The van der Waals surface area contributed by atoms with Crippen LogP contribution in [0.5, 0.6) is 0 Å². The van der Waals surface area contributed by atoms with Gasteiger partial charge in [-0.25, -0.2) is 4.39 Å². The van der Waals surface area contributed by atoms with E-state index in [2.05, 4.69) is 5.10 Å². The molecular formula is C13H11Cl2FN2O. The van der Waals surface area contributed by atoms with Gasteiger partial charge in [-0.15, -0.1) is 0 Å². The summed E-state index contributed by atoms with van der Waals surface area (Å²) in [7, 11) is 1.68. The molecule has 0 unspecified atom stereocenters. The largest absolute Gasteiger partial charge is 0.294 e. The van der Waals surface area contributed by atoms with Gasteiger partial charge in [-0.1, -0.05) is 23.2 Å². The predicted molar refractivity (Wildman–Crippen MR) is 72.4 cm³/mol. The molecule has 6 heteroatoms. The summed E-state index contributed by atoms with van der Waals surface area (Å²) in [6.45, 7) is 1.75. The Kier molecular flexibility index (Phi) is 3.92. The van der Waals surface area contributed by atoms with E-state index in [9.17, 15) is 9.18 Å². The highest BCUT2D eigenvalue weighted by Gasteiger charge is 2.18. The number of aryl methyl sites for hydroxylation is 2. The molecule has 1 heterocycles. The summed E-state index contributed by atoms with van der Waals surface area (Å²) < 4.78 is 15.1. The molecule has 0 spiro atoms.